The highest BCUT2D eigenvalue weighted by Gasteiger charge is 2.19. The van der Waals surface area contributed by atoms with Gasteiger partial charge in [0, 0.05) is 35.7 Å². The Balaban J connectivity index is 1.67. The summed E-state index contributed by atoms with van der Waals surface area (Å²) in [6.07, 6.45) is 2.24. The van der Waals surface area contributed by atoms with E-state index >= 15 is 0 Å². The first kappa shape index (κ1) is 16.4. The first-order valence-electron chi connectivity index (χ1n) is 8.85. The number of aryl methyl sites for hydroxylation is 2. The van der Waals surface area contributed by atoms with Crippen molar-refractivity contribution in [3.05, 3.63) is 65.9 Å². The van der Waals surface area contributed by atoms with Gasteiger partial charge in [-0.2, -0.15) is 4.98 Å². The Morgan fingerprint density at radius 3 is 2.81 bits per heavy atom. The predicted octanol–water partition coefficient (Wildman–Crippen LogP) is 4.62. The van der Waals surface area contributed by atoms with Gasteiger partial charge in [-0.05, 0) is 43.5 Å². The Morgan fingerprint density at radius 1 is 1.04 bits per heavy atom. The predicted molar refractivity (Wildman–Crippen MR) is 105 cm³/mol. The maximum absolute atomic E-state index is 5.29. The minimum atomic E-state index is 0.594. The molecule has 5 heteroatoms. The van der Waals surface area contributed by atoms with Crippen LogP contribution in [0.3, 0.4) is 0 Å². The minimum Gasteiger partial charge on any atom is -0.497 e. The highest BCUT2D eigenvalue weighted by molar-refractivity contribution is 5.67. The normalized spacial score (nSPS) is 13.2. The third-order valence-corrected chi connectivity index (χ3v) is 4.55. The quantitative estimate of drug-likeness (QED) is 0.747. The fraction of sp³-hybridized carbons (Fsp3) is 0.238. The van der Waals surface area contributed by atoms with Crippen LogP contribution >= 0.6 is 0 Å². The van der Waals surface area contributed by atoms with Crippen molar-refractivity contribution in [1.29, 1.82) is 0 Å². The van der Waals surface area contributed by atoms with E-state index < -0.39 is 0 Å². The first-order valence-corrected chi connectivity index (χ1v) is 8.85. The van der Waals surface area contributed by atoms with Gasteiger partial charge in [0.15, 0.2) is 0 Å². The van der Waals surface area contributed by atoms with Gasteiger partial charge in [-0.1, -0.05) is 24.3 Å². The number of rotatable bonds is 4. The molecule has 0 saturated heterocycles. The molecule has 1 aromatic heterocycles. The summed E-state index contributed by atoms with van der Waals surface area (Å²) in [5.41, 5.74) is 4.45. The van der Waals surface area contributed by atoms with E-state index in [1.165, 1.54) is 11.3 Å². The van der Waals surface area contributed by atoms with Crippen LogP contribution in [-0.4, -0.2) is 23.6 Å². The maximum atomic E-state index is 5.29. The van der Waals surface area contributed by atoms with E-state index in [2.05, 4.69) is 39.5 Å². The number of nitrogens with one attached hydrogen (secondary N) is 1. The molecular weight excluding hydrogens is 324 g/mol. The second-order valence-corrected chi connectivity index (χ2v) is 6.43. The molecule has 2 aromatic carbocycles. The van der Waals surface area contributed by atoms with Gasteiger partial charge in [0.1, 0.15) is 11.6 Å². The van der Waals surface area contributed by atoms with Crippen molar-refractivity contribution in [2.24, 2.45) is 0 Å². The highest BCUT2D eigenvalue weighted by Crippen LogP contribution is 2.33. The minimum absolute atomic E-state index is 0.594. The van der Waals surface area contributed by atoms with Crippen molar-refractivity contribution in [3.8, 4) is 5.75 Å². The van der Waals surface area contributed by atoms with Crippen LogP contribution in [0.15, 0.2) is 54.6 Å². The van der Waals surface area contributed by atoms with Crippen molar-refractivity contribution in [1.82, 2.24) is 9.97 Å². The molecule has 0 amide bonds. The molecule has 0 radical (unpaired) electrons. The molecule has 5 nitrogen and oxygen atoms in total. The molecule has 132 valence electrons. The van der Waals surface area contributed by atoms with Crippen LogP contribution in [0.4, 0.5) is 23.1 Å². The Morgan fingerprint density at radius 2 is 1.92 bits per heavy atom. The second-order valence-electron chi connectivity index (χ2n) is 6.43. The highest BCUT2D eigenvalue weighted by atomic mass is 16.5. The number of ether oxygens (including phenoxy) is 1. The van der Waals surface area contributed by atoms with E-state index in [1.54, 1.807) is 7.11 Å². The monoisotopic (exact) mass is 346 g/mol. The summed E-state index contributed by atoms with van der Waals surface area (Å²) in [5.74, 6) is 2.32. The average Bonchev–Trinajstić information content (AvgIpc) is 2.67. The zero-order valence-corrected chi connectivity index (χ0v) is 15.1. The van der Waals surface area contributed by atoms with Crippen molar-refractivity contribution >= 4 is 23.1 Å². The first-order chi connectivity index (χ1) is 12.7. The number of aromatic nitrogens is 2. The van der Waals surface area contributed by atoms with Crippen LogP contribution in [0.5, 0.6) is 5.75 Å². The van der Waals surface area contributed by atoms with Crippen molar-refractivity contribution < 1.29 is 4.74 Å². The lowest BCUT2D eigenvalue weighted by atomic mass is 10.0. The summed E-state index contributed by atoms with van der Waals surface area (Å²) < 4.78 is 5.29. The number of methoxy groups -OCH3 is 1. The van der Waals surface area contributed by atoms with Gasteiger partial charge in [0.05, 0.1) is 7.11 Å². The molecule has 0 bridgehead atoms. The van der Waals surface area contributed by atoms with Crippen LogP contribution in [0.25, 0.3) is 0 Å². The number of nitrogens with zero attached hydrogens (tertiary/aromatic N) is 3. The second kappa shape index (κ2) is 7.04. The molecule has 0 unspecified atom stereocenters. The van der Waals surface area contributed by atoms with Crippen molar-refractivity contribution in [2.45, 2.75) is 19.8 Å². The largest absolute Gasteiger partial charge is 0.497 e. The zero-order chi connectivity index (χ0) is 17.9. The topological polar surface area (TPSA) is 50.3 Å². The molecule has 3 aromatic rings. The number of hydrogen-bond acceptors (Lipinski definition) is 5. The molecular formula is C21H22N4O. The Bertz CT molecular complexity index is 925. The summed E-state index contributed by atoms with van der Waals surface area (Å²) >= 11 is 0. The molecule has 0 spiro atoms. The lowest BCUT2D eigenvalue weighted by Gasteiger charge is -2.30. The summed E-state index contributed by atoms with van der Waals surface area (Å²) in [6, 6.07) is 18.4. The molecule has 0 saturated carbocycles. The zero-order valence-electron chi connectivity index (χ0n) is 15.1. The summed E-state index contributed by atoms with van der Waals surface area (Å²) in [4.78, 5) is 11.6. The SMILES string of the molecule is COc1cccc(Nc2nc(C)cc(N3CCCc4ccccc43)n2)c1. The van der Waals surface area contributed by atoms with E-state index in [0.717, 1.165) is 42.3 Å². The molecule has 26 heavy (non-hydrogen) atoms. The van der Waals surface area contributed by atoms with Crippen molar-refractivity contribution in [2.75, 3.05) is 23.9 Å². The third kappa shape index (κ3) is 3.33. The summed E-state index contributed by atoms with van der Waals surface area (Å²) in [6.45, 7) is 2.96. The lowest BCUT2D eigenvalue weighted by molar-refractivity contribution is 0.415. The standard InChI is InChI=1S/C21H22N4O/c1-15-13-20(25-12-6-8-16-7-3-4-11-19(16)25)24-21(22-15)23-17-9-5-10-18(14-17)26-2/h3-5,7,9-11,13-14H,6,8,12H2,1-2H3,(H,22,23,24). The van der Waals surface area contributed by atoms with Crippen LogP contribution < -0.4 is 15.0 Å². The molecule has 0 aliphatic carbocycles. The van der Waals surface area contributed by atoms with Gasteiger partial charge in [0.25, 0.3) is 0 Å². The number of anilines is 4. The molecule has 1 aliphatic heterocycles. The number of hydrogen-bond donors (Lipinski definition) is 1. The van der Waals surface area contributed by atoms with Crippen LogP contribution in [0, 0.1) is 6.92 Å². The number of fused-ring (bicyclic) bond motifs is 1. The van der Waals surface area contributed by atoms with E-state index in [1.807, 2.05) is 37.3 Å². The van der Waals surface area contributed by atoms with Gasteiger partial charge < -0.3 is 15.0 Å². The van der Waals surface area contributed by atoms with E-state index in [4.69, 9.17) is 9.72 Å². The average molecular weight is 346 g/mol. The molecule has 2 heterocycles. The maximum Gasteiger partial charge on any atom is 0.229 e. The van der Waals surface area contributed by atoms with Gasteiger partial charge in [-0.3, -0.25) is 0 Å². The molecule has 1 N–H and O–H groups in total. The summed E-state index contributed by atoms with van der Waals surface area (Å²) in [5, 5.41) is 3.29. The van der Waals surface area contributed by atoms with Gasteiger partial charge in [-0.25, -0.2) is 4.98 Å². The Kier molecular flexibility index (Phi) is 4.44. The van der Waals surface area contributed by atoms with Gasteiger partial charge >= 0.3 is 0 Å². The van der Waals surface area contributed by atoms with Crippen molar-refractivity contribution in [3.63, 3.8) is 0 Å². The number of benzene rings is 2. The third-order valence-electron chi connectivity index (χ3n) is 4.55. The van der Waals surface area contributed by atoms with Crippen LogP contribution in [0.2, 0.25) is 0 Å². The van der Waals surface area contributed by atoms with Gasteiger partial charge in [-0.15, -0.1) is 0 Å². The fourth-order valence-electron chi connectivity index (χ4n) is 3.35. The van der Waals surface area contributed by atoms with Gasteiger partial charge in [0.2, 0.25) is 5.95 Å². The van der Waals surface area contributed by atoms with Crippen LogP contribution in [-0.2, 0) is 6.42 Å². The van der Waals surface area contributed by atoms with E-state index in [-0.39, 0.29) is 0 Å². The summed E-state index contributed by atoms with van der Waals surface area (Å²) in [7, 11) is 1.66. The lowest BCUT2D eigenvalue weighted by Crippen LogP contribution is -2.25. The smallest absolute Gasteiger partial charge is 0.229 e. The Hall–Kier alpha value is -3.08. The molecule has 4 rings (SSSR count). The fourth-order valence-corrected chi connectivity index (χ4v) is 3.35. The molecule has 1 aliphatic rings. The Labute approximate surface area is 153 Å². The van der Waals surface area contributed by atoms with Crippen LogP contribution in [0.1, 0.15) is 17.7 Å². The van der Waals surface area contributed by atoms with E-state index in [9.17, 15) is 0 Å². The molecule has 0 fully saturated rings. The number of para-hydroxylation sites is 1. The van der Waals surface area contributed by atoms with E-state index in [0.29, 0.717) is 5.95 Å². The molecule has 0 atom stereocenters.